The number of hydrogen-bond donors (Lipinski definition) is 1. The van der Waals surface area contributed by atoms with Gasteiger partial charge < -0.3 is 9.88 Å². The van der Waals surface area contributed by atoms with E-state index in [1.165, 1.54) is 0 Å². The van der Waals surface area contributed by atoms with Crippen LogP contribution in [0.25, 0.3) is 5.69 Å². The molecule has 4 rings (SSSR count). The van der Waals surface area contributed by atoms with Crippen molar-refractivity contribution in [1.82, 2.24) is 39.6 Å². The van der Waals surface area contributed by atoms with Gasteiger partial charge in [0.05, 0.1) is 30.5 Å². The highest BCUT2D eigenvalue weighted by Gasteiger charge is 2.31. The Morgan fingerprint density at radius 2 is 2.24 bits per heavy atom. The molecular formula is C16H20N8O. The van der Waals surface area contributed by atoms with E-state index in [1.807, 2.05) is 26.4 Å². The van der Waals surface area contributed by atoms with Gasteiger partial charge in [-0.05, 0) is 26.2 Å². The van der Waals surface area contributed by atoms with Crippen molar-refractivity contribution in [2.24, 2.45) is 7.05 Å². The van der Waals surface area contributed by atoms with Crippen LogP contribution < -0.4 is 5.32 Å². The number of aromatic nitrogens is 7. The molecule has 1 amide bonds. The molecule has 0 bridgehead atoms. The molecular weight excluding hydrogens is 320 g/mol. The molecule has 1 aliphatic carbocycles. The van der Waals surface area contributed by atoms with Crippen LogP contribution in [0, 0.1) is 6.92 Å². The van der Waals surface area contributed by atoms with Crippen molar-refractivity contribution in [3.8, 4) is 5.69 Å². The minimum absolute atomic E-state index is 0.0737. The lowest BCUT2D eigenvalue weighted by Gasteiger charge is -2.21. The van der Waals surface area contributed by atoms with E-state index in [9.17, 15) is 4.79 Å². The van der Waals surface area contributed by atoms with E-state index in [1.54, 1.807) is 28.1 Å². The Balaban J connectivity index is 1.53. The number of nitrogens with zero attached hydrogens (tertiary/aromatic N) is 7. The van der Waals surface area contributed by atoms with Gasteiger partial charge in [-0.1, -0.05) is 5.21 Å². The Labute approximate surface area is 144 Å². The Morgan fingerprint density at radius 3 is 2.96 bits per heavy atom. The molecule has 3 aromatic rings. The van der Waals surface area contributed by atoms with Gasteiger partial charge in [-0.25, -0.2) is 9.67 Å². The molecule has 0 radical (unpaired) electrons. The molecule has 3 aromatic heterocycles. The maximum Gasteiger partial charge on any atom is 0.274 e. The molecule has 0 saturated heterocycles. The molecule has 9 nitrogen and oxygen atoms in total. The van der Waals surface area contributed by atoms with Crippen molar-refractivity contribution in [3.63, 3.8) is 0 Å². The third-order valence-corrected chi connectivity index (χ3v) is 4.75. The average molecular weight is 340 g/mol. The molecule has 0 aliphatic heterocycles. The number of amides is 1. The van der Waals surface area contributed by atoms with Crippen LogP contribution in [0.15, 0.2) is 31.1 Å². The van der Waals surface area contributed by atoms with Gasteiger partial charge >= 0.3 is 0 Å². The summed E-state index contributed by atoms with van der Waals surface area (Å²) in [6, 6.07) is 0.310. The summed E-state index contributed by atoms with van der Waals surface area (Å²) in [5.74, 6) is -0.190. The van der Waals surface area contributed by atoms with Crippen LogP contribution in [0.4, 0.5) is 0 Å². The Morgan fingerprint density at radius 1 is 1.36 bits per heavy atom. The van der Waals surface area contributed by atoms with Gasteiger partial charge in [-0.2, -0.15) is 5.10 Å². The highest BCUT2D eigenvalue weighted by atomic mass is 16.2. The van der Waals surface area contributed by atoms with Crippen LogP contribution in [-0.4, -0.2) is 46.3 Å². The summed E-state index contributed by atoms with van der Waals surface area (Å²) in [5, 5.41) is 15.4. The van der Waals surface area contributed by atoms with Crippen molar-refractivity contribution in [2.45, 2.75) is 38.3 Å². The molecule has 1 aliphatic rings. The largest absolute Gasteiger partial charge is 0.346 e. The summed E-state index contributed by atoms with van der Waals surface area (Å²) in [5.41, 5.74) is 1.83. The van der Waals surface area contributed by atoms with Gasteiger partial charge in [0, 0.05) is 25.5 Å². The smallest absolute Gasteiger partial charge is 0.274 e. The lowest BCUT2D eigenvalue weighted by molar-refractivity contribution is 0.0923. The van der Waals surface area contributed by atoms with E-state index >= 15 is 0 Å². The van der Waals surface area contributed by atoms with Crippen LogP contribution in [-0.2, 0) is 7.05 Å². The first kappa shape index (κ1) is 15.6. The van der Waals surface area contributed by atoms with E-state index in [4.69, 9.17) is 0 Å². The Hall–Kier alpha value is -2.97. The highest BCUT2D eigenvalue weighted by molar-refractivity contribution is 5.93. The average Bonchev–Trinajstić information content (AvgIpc) is 3.33. The van der Waals surface area contributed by atoms with Gasteiger partial charge in [-0.3, -0.25) is 9.48 Å². The van der Waals surface area contributed by atoms with Crippen LogP contribution in [0.5, 0.6) is 0 Å². The fourth-order valence-electron chi connectivity index (χ4n) is 3.47. The maximum atomic E-state index is 12.7. The molecule has 2 atom stereocenters. The normalized spacial score (nSPS) is 20.1. The molecule has 130 valence electrons. The number of aryl methyl sites for hydroxylation is 1. The number of imidazole rings is 1. The first-order chi connectivity index (χ1) is 12.1. The summed E-state index contributed by atoms with van der Waals surface area (Å²) in [4.78, 5) is 16.8. The van der Waals surface area contributed by atoms with Gasteiger partial charge in [0.1, 0.15) is 5.69 Å². The number of carbonyl (C=O) groups is 1. The quantitative estimate of drug-likeness (QED) is 0.765. The molecule has 25 heavy (non-hydrogen) atoms. The fraction of sp³-hybridized carbons (Fsp3) is 0.438. The fourth-order valence-corrected chi connectivity index (χ4v) is 3.47. The molecule has 1 fully saturated rings. The molecule has 3 heterocycles. The van der Waals surface area contributed by atoms with Crippen molar-refractivity contribution in [2.75, 3.05) is 0 Å². The van der Waals surface area contributed by atoms with E-state index < -0.39 is 0 Å². The lowest BCUT2D eigenvalue weighted by Crippen LogP contribution is -2.38. The van der Waals surface area contributed by atoms with Crippen LogP contribution in [0.1, 0.15) is 41.5 Å². The van der Waals surface area contributed by atoms with E-state index in [2.05, 4.69) is 30.3 Å². The molecule has 0 unspecified atom stereocenters. The third-order valence-electron chi connectivity index (χ3n) is 4.75. The number of carbonyl (C=O) groups excluding carboxylic acids is 1. The van der Waals surface area contributed by atoms with Crippen molar-refractivity contribution >= 4 is 5.91 Å². The summed E-state index contributed by atoms with van der Waals surface area (Å²) in [6.07, 6.45) is 12.1. The van der Waals surface area contributed by atoms with Gasteiger partial charge in [0.2, 0.25) is 0 Å². The Kier molecular flexibility index (Phi) is 3.83. The summed E-state index contributed by atoms with van der Waals surface area (Å²) < 4.78 is 5.38. The van der Waals surface area contributed by atoms with Crippen LogP contribution in [0.2, 0.25) is 0 Å². The van der Waals surface area contributed by atoms with Crippen LogP contribution in [0.3, 0.4) is 0 Å². The highest BCUT2D eigenvalue weighted by Crippen LogP contribution is 2.30. The predicted octanol–water partition coefficient (Wildman–Crippen LogP) is 1.03. The molecule has 9 heteroatoms. The SMILES string of the molecule is Cc1c(C(=O)N[C@@H]2CCC[C@@H]2n2ccnc2)nnn1-c1cnn(C)c1. The van der Waals surface area contributed by atoms with Crippen molar-refractivity contribution in [1.29, 1.82) is 0 Å². The first-order valence-electron chi connectivity index (χ1n) is 8.33. The van der Waals surface area contributed by atoms with E-state index in [0.717, 1.165) is 24.9 Å². The summed E-state index contributed by atoms with van der Waals surface area (Å²) >= 11 is 0. The lowest BCUT2D eigenvalue weighted by atomic mass is 10.1. The van der Waals surface area contributed by atoms with Gasteiger partial charge in [0.25, 0.3) is 5.91 Å². The van der Waals surface area contributed by atoms with E-state index in [-0.39, 0.29) is 18.0 Å². The molecule has 1 N–H and O–H groups in total. The van der Waals surface area contributed by atoms with Gasteiger partial charge in [0.15, 0.2) is 5.69 Å². The predicted molar refractivity (Wildman–Crippen MR) is 89.2 cm³/mol. The molecule has 0 spiro atoms. The number of nitrogens with one attached hydrogen (secondary N) is 1. The summed E-state index contributed by atoms with van der Waals surface area (Å²) in [7, 11) is 1.83. The second-order valence-electron chi connectivity index (χ2n) is 6.40. The standard InChI is InChI=1S/C16H20N8O/c1-11-15(20-21-24(11)12-8-18-22(2)9-12)16(25)19-13-4-3-5-14(13)23-7-6-17-10-23/h6-10,13-14H,3-5H2,1-2H3,(H,19,25)/t13-,14+/m1/s1. The minimum atomic E-state index is -0.190. The monoisotopic (exact) mass is 340 g/mol. The number of hydrogen-bond acceptors (Lipinski definition) is 5. The zero-order chi connectivity index (χ0) is 17.4. The van der Waals surface area contributed by atoms with E-state index in [0.29, 0.717) is 11.4 Å². The second kappa shape index (κ2) is 6.15. The van der Waals surface area contributed by atoms with Crippen LogP contribution >= 0.6 is 0 Å². The minimum Gasteiger partial charge on any atom is -0.346 e. The maximum absolute atomic E-state index is 12.7. The van der Waals surface area contributed by atoms with Crippen molar-refractivity contribution < 1.29 is 4.79 Å². The summed E-state index contributed by atoms with van der Waals surface area (Å²) in [6.45, 7) is 1.84. The molecule has 1 saturated carbocycles. The third kappa shape index (κ3) is 2.81. The second-order valence-corrected chi connectivity index (χ2v) is 6.40. The Bertz CT molecular complexity index is 878. The van der Waals surface area contributed by atoms with Crippen molar-refractivity contribution in [3.05, 3.63) is 42.5 Å². The zero-order valence-electron chi connectivity index (χ0n) is 14.2. The molecule has 0 aromatic carbocycles. The van der Waals surface area contributed by atoms with Gasteiger partial charge in [-0.15, -0.1) is 5.10 Å². The first-order valence-corrected chi connectivity index (χ1v) is 8.33. The zero-order valence-corrected chi connectivity index (χ0v) is 14.2. The number of rotatable bonds is 4. The topological polar surface area (TPSA) is 95.4 Å².